The van der Waals surface area contributed by atoms with Crippen molar-refractivity contribution in [1.29, 1.82) is 0 Å². The van der Waals surface area contributed by atoms with E-state index >= 15 is 0 Å². The van der Waals surface area contributed by atoms with Crippen LogP contribution in [0.25, 0.3) is 0 Å². The van der Waals surface area contributed by atoms with E-state index in [1.165, 1.54) is 19.9 Å². The molecule has 1 aromatic rings. The van der Waals surface area contributed by atoms with E-state index in [-0.39, 0.29) is 5.46 Å². The Morgan fingerprint density at radius 2 is 1.83 bits per heavy atom. The molecule has 0 aromatic heterocycles. The summed E-state index contributed by atoms with van der Waals surface area (Å²) in [5.74, 6) is -2.40. The van der Waals surface area contributed by atoms with Crippen molar-refractivity contribution in [2.45, 2.75) is 31.9 Å². The highest BCUT2D eigenvalue weighted by atomic mass is 19.4. The van der Waals surface area contributed by atoms with Crippen LogP contribution in [0.1, 0.15) is 25.8 Å². The van der Waals surface area contributed by atoms with Gasteiger partial charge in [0.1, 0.15) is 13.7 Å². The summed E-state index contributed by atoms with van der Waals surface area (Å²) < 4.78 is 49.5. The lowest BCUT2D eigenvalue weighted by Gasteiger charge is -2.27. The van der Waals surface area contributed by atoms with Gasteiger partial charge in [0, 0.05) is 6.42 Å². The molecule has 0 fully saturated rings. The maximum Gasteiger partial charge on any atom is 0.450 e. The minimum absolute atomic E-state index is 0.0370. The van der Waals surface area contributed by atoms with Crippen LogP contribution in [0.3, 0.4) is 0 Å². The highest BCUT2D eigenvalue weighted by molar-refractivity contribution is 6.33. The number of rotatable bonds is 3. The molecule has 1 rings (SSSR count). The van der Waals surface area contributed by atoms with Gasteiger partial charge in [0.05, 0.1) is 0 Å². The standard InChI is InChI=1S/C12H11BF4O/c1-11(2,6-10(18)12(15,16)17)8-4-3-7(14)5-9(8)13/h3-5H,6H2,1-2H3. The fourth-order valence-electron chi connectivity index (χ4n) is 1.75. The molecule has 0 saturated carbocycles. The normalized spacial score (nSPS) is 12.6. The summed E-state index contributed by atoms with van der Waals surface area (Å²) in [6.45, 7) is 2.92. The Morgan fingerprint density at radius 3 is 2.28 bits per heavy atom. The molecule has 0 aliphatic heterocycles. The molecular formula is C12H11BF4O. The molecule has 96 valence electrons. The highest BCUT2D eigenvalue weighted by Gasteiger charge is 2.41. The van der Waals surface area contributed by atoms with E-state index in [9.17, 15) is 22.4 Å². The average Bonchev–Trinajstić information content (AvgIpc) is 2.14. The molecule has 1 aromatic carbocycles. The van der Waals surface area contributed by atoms with E-state index < -0.39 is 29.6 Å². The van der Waals surface area contributed by atoms with Gasteiger partial charge in [0.2, 0.25) is 5.78 Å². The van der Waals surface area contributed by atoms with Crippen LogP contribution < -0.4 is 5.46 Å². The molecule has 6 heteroatoms. The zero-order valence-corrected chi connectivity index (χ0v) is 9.94. The predicted molar refractivity (Wildman–Crippen MR) is 60.5 cm³/mol. The molecular weight excluding hydrogens is 247 g/mol. The molecule has 18 heavy (non-hydrogen) atoms. The molecule has 0 amide bonds. The van der Waals surface area contributed by atoms with Gasteiger partial charge in [-0.05, 0) is 23.1 Å². The van der Waals surface area contributed by atoms with Crippen molar-refractivity contribution < 1.29 is 22.4 Å². The zero-order valence-electron chi connectivity index (χ0n) is 9.94. The Hall–Kier alpha value is -1.33. The summed E-state index contributed by atoms with van der Waals surface area (Å²) in [5.41, 5.74) is -0.749. The Balaban J connectivity index is 3.03. The summed E-state index contributed by atoms with van der Waals surface area (Å²) in [5, 5.41) is 0. The van der Waals surface area contributed by atoms with Crippen molar-refractivity contribution in [3.05, 3.63) is 29.6 Å². The number of hydrogen-bond acceptors (Lipinski definition) is 1. The van der Waals surface area contributed by atoms with Gasteiger partial charge in [-0.3, -0.25) is 4.79 Å². The summed E-state index contributed by atoms with van der Waals surface area (Å²) >= 11 is 0. The van der Waals surface area contributed by atoms with Crippen molar-refractivity contribution in [2.24, 2.45) is 0 Å². The van der Waals surface area contributed by atoms with E-state index in [0.29, 0.717) is 5.56 Å². The monoisotopic (exact) mass is 258 g/mol. The van der Waals surface area contributed by atoms with Gasteiger partial charge in [-0.1, -0.05) is 25.4 Å². The van der Waals surface area contributed by atoms with Crippen LogP contribution in [0.4, 0.5) is 17.6 Å². The number of ketones is 1. The minimum Gasteiger partial charge on any atom is -0.290 e. The molecule has 0 bridgehead atoms. The second-order valence-electron chi connectivity index (χ2n) is 4.71. The first-order chi connectivity index (χ1) is 8.04. The van der Waals surface area contributed by atoms with Gasteiger partial charge in [0.15, 0.2) is 0 Å². The van der Waals surface area contributed by atoms with Gasteiger partial charge in [-0.25, -0.2) is 4.39 Å². The lowest BCUT2D eigenvalue weighted by molar-refractivity contribution is -0.172. The molecule has 0 atom stereocenters. The smallest absolute Gasteiger partial charge is 0.290 e. The van der Waals surface area contributed by atoms with Crippen LogP contribution in [-0.4, -0.2) is 19.8 Å². The molecule has 0 heterocycles. The summed E-state index contributed by atoms with van der Waals surface area (Å²) in [7, 11) is 5.56. The number of hydrogen-bond donors (Lipinski definition) is 0. The van der Waals surface area contributed by atoms with Gasteiger partial charge in [-0.15, -0.1) is 0 Å². The van der Waals surface area contributed by atoms with Crippen LogP contribution in [0.2, 0.25) is 0 Å². The third-order valence-corrected chi connectivity index (χ3v) is 2.66. The highest BCUT2D eigenvalue weighted by Crippen LogP contribution is 2.30. The first-order valence-electron chi connectivity index (χ1n) is 5.19. The molecule has 0 spiro atoms. The van der Waals surface area contributed by atoms with E-state index in [0.717, 1.165) is 12.1 Å². The van der Waals surface area contributed by atoms with Gasteiger partial charge >= 0.3 is 6.18 Å². The first-order valence-corrected chi connectivity index (χ1v) is 5.19. The molecule has 0 aliphatic carbocycles. The van der Waals surface area contributed by atoms with Crippen LogP contribution >= 0.6 is 0 Å². The van der Waals surface area contributed by atoms with Gasteiger partial charge < -0.3 is 0 Å². The zero-order chi connectivity index (χ0) is 14.1. The lowest BCUT2D eigenvalue weighted by atomic mass is 9.73. The maximum atomic E-state index is 12.9. The number of carbonyl (C=O) groups is 1. The Kier molecular flexibility index (Phi) is 3.88. The van der Waals surface area contributed by atoms with Gasteiger partial charge in [-0.2, -0.15) is 13.2 Å². The van der Waals surface area contributed by atoms with Crippen molar-refractivity contribution in [3.8, 4) is 0 Å². The Morgan fingerprint density at radius 1 is 1.28 bits per heavy atom. The Bertz CT molecular complexity index is 466. The van der Waals surface area contributed by atoms with Crippen molar-refractivity contribution in [3.63, 3.8) is 0 Å². The fourth-order valence-corrected chi connectivity index (χ4v) is 1.75. The van der Waals surface area contributed by atoms with Gasteiger partial charge in [0.25, 0.3) is 0 Å². The largest absolute Gasteiger partial charge is 0.450 e. The SMILES string of the molecule is [B]c1cc(F)ccc1C(C)(C)CC(=O)C(F)(F)F. The number of carbonyl (C=O) groups excluding carboxylic acids is 1. The topological polar surface area (TPSA) is 17.1 Å². The number of halogens is 4. The maximum absolute atomic E-state index is 12.9. The molecule has 0 saturated heterocycles. The van der Waals surface area contributed by atoms with Crippen molar-refractivity contribution >= 4 is 19.1 Å². The molecule has 0 N–H and O–H groups in total. The second kappa shape index (κ2) is 4.74. The van der Waals surface area contributed by atoms with Crippen molar-refractivity contribution in [1.82, 2.24) is 0 Å². The summed E-state index contributed by atoms with van der Waals surface area (Å²) in [4.78, 5) is 11.0. The quantitative estimate of drug-likeness (QED) is 0.601. The van der Waals surface area contributed by atoms with E-state index in [1.54, 1.807) is 0 Å². The number of alkyl halides is 3. The predicted octanol–water partition coefficient (Wildman–Crippen LogP) is 2.42. The van der Waals surface area contributed by atoms with E-state index in [2.05, 4.69) is 0 Å². The van der Waals surface area contributed by atoms with Crippen LogP contribution in [-0.2, 0) is 10.2 Å². The fraction of sp³-hybridized carbons (Fsp3) is 0.417. The van der Waals surface area contributed by atoms with E-state index in [1.807, 2.05) is 0 Å². The first kappa shape index (κ1) is 14.7. The minimum atomic E-state index is -4.87. The van der Waals surface area contributed by atoms with Crippen molar-refractivity contribution in [2.75, 3.05) is 0 Å². The third kappa shape index (κ3) is 3.34. The van der Waals surface area contributed by atoms with Crippen LogP contribution in [0.15, 0.2) is 18.2 Å². The number of benzene rings is 1. The molecule has 1 nitrogen and oxygen atoms in total. The van der Waals surface area contributed by atoms with E-state index in [4.69, 9.17) is 7.85 Å². The average molecular weight is 258 g/mol. The second-order valence-corrected chi connectivity index (χ2v) is 4.71. The number of Topliss-reactive ketones (excluding diaryl/α,β-unsaturated/α-hetero) is 1. The summed E-state index contributed by atoms with van der Waals surface area (Å²) in [6.07, 6.45) is -5.60. The molecule has 2 radical (unpaired) electrons. The lowest BCUT2D eigenvalue weighted by Crippen LogP contribution is -2.34. The molecule has 0 aliphatic rings. The molecule has 0 unspecified atom stereocenters. The summed E-state index contributed by atoms with van der Waals surface area (Å²) in [6, 6.07) is 3.43. The van der Waals surface area contributed by atoms with Crippen LogP contribution in [0, 0.1) is 5.82 Å². The third-order valence-electron chi connectivity index (χ3n) is 2.66. The Labute approximate surface area is 104 Å². The van der Waals surface area contributed by atoms with Crippen LogP contribution in [0.5, 0.6) is 0 Å².